The number of ether oxygens (including phenoxy) is 1. The molecule has 0 aliphatic rings. The smallest absolute Gasteiger partial charge is 0.180 e. The van der Waals surface area contributed by atoms with Crippen molar-refractivity contribution in [2.45, 2.75) is 11.8 Å². The number of benzene rings is 1. The minimum atomic E-state index is 0.0206. The molecule has 0 aromatic heterocycles. The highest BCUT2D eigenvalue weighted by atomic mass is 32.2. The lowest BCUT2D eigenvalue weighted by molar-refractivity contribution is -0.118. The van der Waals surface area contributed by atoms with Crippen LogP contribution in [0, 0.1) is 0 Å². The van der Waals surface area contributed by atoms with Gasteiger partial charge in [-0.1, -0.05) is 24.3 Å². The molecular weight excluding hydrogens is 220 g/mol. The Hall–Kier alpha value is -1.06. The highest BCUT2D eigenvalue weighted by Gasteiger charge is 1.96. The van der Waals surface area contributed by atoms with Crippen LogP contribution in [0.1, 0.15) is 6.92 Å². The summed E-state index contributed by atoms with van der Waals surface area (Å²) in [6.45, 7) is 2.60. The molecule has 3 heteroatoms. The largest absolute Gasteiger partial charge is 0.372 e. The maximum Gasteiger partial charge on any atom is 0.180 e. The third kappa shape index (κ3) is 5.73. The van der Waals surface area contributed by atoms with E-state index in [9.17, 15) is 4.79 Å². The van der Waals surface area contributed by atoms with E-state index in [0.29, 0.717) is 6.61 Å². The van der Waals surface area contributed by atoms with Gasteiger partial charge in [0.2, 0.25) is 0 Å². The van der Waals surface area contributed by atoms with Gasteiger partial charge in [0.05, 0.1) is 6.61 Å². The molecule has 2 nitrogen and oxygen atoms in total. The maximum atomic E-state index is 11.1. The average molecular weight is 236 g/mol. The monoisotopic (exact) mass is 236 g/mol. The van der Waals surface area contributed by atoms with Gasteiger partial charge in [0, 0.05) is 10.6 Å². The van der Waals surface area contributed by atoms with Crippen LogP contribution in [-0.2, 0) is 9.53 Å². The van der Waals surface area contributed by atoms with Crippen LogP contribution in [0.3, 0.4) is 0 Å². The second-order valence-electron chi connectivity index (χ2n) is 3.18. The summed E-state index contributed by atoms with van der Waals surface area (Å²) in [6.07, 6.45) is 3.26. The Kier molecular flexibility index (Phi) is 6.61. The molecule has 1 aromatic rings. The van der Waals surface area contributed by atoms with Gasteiger partial charge in [-0.25, -0.2) is 0 Å². The molecule has 0 aliphatic carbocycles. The first kappa shape index (κ1) is 13.0. The van der Waals surface area contributed by atoms with E-state index >= 15 is 0 Å². The van der Waals surface area contributed by atoms with Gasteiger partial charge in [-0.2, -0.15) is 0 Å². The lowest BCUT2D eigenvalue weighted by Crippen LogP contribution is -2.07. The molecule has 0 saturated carbocycles. The molecule has 0 fully saturated rings. The van der Waals surface area contributed by atoms with E-state index in [1.807, 2.05) is 25.1 Å². The lowest BCUT2D eigenvalue weighted by atomic mass is 10.4. The van der Waals surface area contributed by atoms with E-state index in [1.54, 1.807) is 17.8 Å². The Morgan fingerprint density at radius 3 is 2.81 bits per heavy atom. The fourth-order valence-corrected chi connectivity index (χ4v) is 1.93. The summed E-state index contributed by atoms with van der Waals surface area (Å²) in [7, 11) is 0. The molecular formula is C13H16O2S. The number of hydrogen-bond acceptors (Lipinski definition) is 3. The van der Waals surface area contributed by atoms with Crippen molar-refractivity contribution >= 4 is 17.5 Å². The molecule has 0 N–H and O–H groups in total. The standard InChI is InChI=1S/C13H16O2S/c1-2-6-12(14)11-15-9-10-16-13-7-4-3-5-8-13/h2-8H,9-11H2,1H3/b6-2+. The number of ketones is 1. The van der Waals surface area contributed by atoms with Crippen molar-refractivity contribution in [2.75, 3.05) is 19.0 Å². The number of rotatable bonds is 7. The summed E-state index contributed by atoms with van der Waals surface area (Å²) in [4.78, 5) is 12.3. The number of carbonyl (C=O) groups is 1. The molecule has 0 spiro atoms. The Bertz CT molecular complexity index is 333. The molecule has 0 unspecified atom stereocenters. The molecule has 0 aliphatic heterocycles. The predicted octanol–water partition coefficient (Wildman–Crippen LogP) is 2.94. The van der Waals surface area contributed by atoms with Crippen molar-refractivity contribution < 1.29 is 9.53 Å². The Labute approximate surface area is 101 Å². The molecule has 0 bridgehead atoms. The van der Waals surface area contributed by atoms with Crippen molar-refractivity contribution in [1.29, 1.82) is 0 Å². The number of thioether (sulfide) groups is 1. The fraction of sp³-hybridized carbons (Fsp3) is 0.308. The second kappa shape index (κ2) is 8.13. The van der Waals surface area contributed by atoms with E-state index in [2.05, 4.69) is 12.1 Å². The van der Waals surface area contributed by atoms with Gasteiger partial charge in [0.1, 0.15) is 6.61 Å². The Balaban J connectivity index is 2.07. The van der Waals surface area contributed by atoms with Crippen molar-refractivity contribution in [3.8, 4) is 0 Å². The third-order valence-electron chi connectivity index (χ3n) is 1.84. The van der Waals surface area contributed by atoms with Gasteiger partial charge in [-0.05, 0) is 25.1 Å². The summed E-state index contributed by atoms with van der Waals surface area (Å²) in [6, 6.07) is 10.2. The molecule has 1 aromatic carbocycles. The first-order valence-corrected chi connectivity index (χ1v) is 6.22. The zero-order valence-electron chi connectivity index (χ0n) is 9.39. The first-order valence-electron chi connectivity index (χ1n) is 5.24. The van der Waals surface area contributed by atoms with Gasteiger partial charge < -0.3 is 4.74 Å². The lowest BCUT2D eigenvalue weighted by Gasteiger charge is -2.02. The van der Waals surface area contributed by atoms with Crippen LogP contribution in [0.4, 0.5) is 0 Å². The van der Waals surface area contributed by atoms with Crippen molar-refractivity contribution in [3.05, 3.63) is 42.5 Å². The topological polar surface area (TPSA) is 26.3 Å². The van der Waals surface area contributed by atoms with Crippen molar-refractivity contribution in [1.82, 2.24) is 0 Å². The van der Waals surface area contributed by atoms with Crippen LogP contribution >= 0.6 is 11.8 Å². The average Bonchev–Trinajstić information content (AvgIpc) is 2.30. The predicted molar refractivity (Wildman–Crippen MR) is 67.8 cm³/mol. The van der Waals surface area contributed by atoms with Gasteiger partial charge in [-0.3, -0.25) is 4.79 Å². The van der Waals surface area contributed by atoms with Gasteiger partial charge in [0.25, 0.3) is 0 Å². The summed E-state index contributed by atoms with van der Waals surface area (Å²) in [5.74, 6) is 0.889. The van der Waals surface area contributed by atoms with Gasteiger partial charge >= 0.3 is 0 Å². The Morgan fingerprint density at radius 2 is 2.12 bits per heavy atom. The number of allylic oxidation sites excluding steroid dienone is 1. The SMILES string of the molecule is C/C=C/C(=O)COCCSc1ccccc1. The van der Waals surface area contributed by atoms with E-state index in [4.69, 9.17) is 4.74 Å². The zero-order chi connectivity index (χ0) is 11.6. The molecule has 0 amide bonds. The molecule has 0 radical (unpaired) electrons. The van der Waals surface area contributed by atoms with Gasteiger partial charge in [-0.15, -0.1) is 11.8 Å². The fourth-order valence-electron chi connectivity index (χ4n) is 1.14. The first-order chi connectivity index (χ1) is 7.83. The minimum absolute atomic E-state index is 0.0206. The minimum Gasteiger partial charge on any atom is -0.372 e. The summed E-state index contributed by atoms with van der Waals surface area (Å²) in [5, 5.41) is 0. The third-order valence-corrected chi connectivity index (χ3v) is 2.81. The van der Waals surface area contributed by atoms with E-state index in [0.717, 1.165) is 5.75 Å². The molecule has 0 heterocycles. The Morgan fingerprint density at radius 1 is 1.38 bits per heavy atom. The van der Waals surface area contributed by atoms with Crippen LogP contribution in [0.5, 0.6) is 0 Å². The van der Waals surface area contributed by atoms with E-state index in [-0.39, 0.29) is 12.4 Å². The van der Waals surface area contributed by atoms with Crippen LogP contribution in [0.25, 0.3) is 0 Å². The van der Waals surface area contributed by atoms with E-state index < -0.39 is 0 Å². The molecule has 86 valence electrons. The summed E-state index contributed by atoms with van der Waals surface area (Å²) in [5.41, 5.74) is 0. The van der Waals surface area contributed by atoms with Crippen LogP contribution in [-0.4, -0.2) is 24.7 Å². The summed E-state index contributed by atoms with van der Waals surface area (Å²) >= 11 is 1.73. The highest BCUT2D eigenvalue weighted by Crippen LogP contribution is 2.16. The number of hydrogen-bond donors (Lipinski definition) is 0. The second-order valence-corrected chi connectivity index (χ2v) is 4.35. The van der Waals surface area contributed by atoms with Crippen molar-refractivity contribution in [2.24, 2.45) is 0 Å². The molecule has 0 saturated heterocycles. The van der Waals surface area contributed by atoms with Crippen LogP contribution in [0.15, 0.2) is 47.4 Å². The quantitative estimate of drug-likeness (QED) is 0.413. The molecule has 1 rings (SSSR count). The van der Waals surface area contributed by atoms with Crippen molar-refractivity contribution in [3.63, 3.8) is 0 Å². The highest BCUT2D eigenvalue weighted by molar-refractivity contribution is 7.99. The normalized spacial score (nSPS) is 10.8. The van der Waals surface area contributed by atoms with Gasteiger partial charge in [0.15, 0.2) is 5.78 Å². The molecule has 16 heavy (non-hydrogen) atoms. The van der Waals surface area contributed by atoms with E-state index in [1.165, 1.54) is 11.0 Å². The maximum absolute atomic E-state index is 11.1. The van der Waals surface area contributed by atoms with Crippen LogP contribution < -0.4 is 0 Å². The van der Waals surface area contributed by atoms with Crippen LogP contribution in [0.2, 0.25) is 0 Å². The zero-order valence-corrected chi connectivity index (χ0v) is 10.2. The molecule has 0 atom stereocenters. The summed E-state index contributed by atoms with van der Waals surface area (Å²) < 4.78 is 5.25. The number of carbonyl (C=O) groups excluding carboxylic acids is 1.